The molecule has 4 nitrogen and oxygen atoms in total. The third-order valence-electron chi connectivity index (χ3n) is 1.63. The smallest absolute Gasteiger partial charge is 0.312 e. The van der Waals surface area contributed by atoms with Gasteiger partial charge in [0.05, 0.1) is 7.11 Å². The van der Waals surface area contributed by atoms with Gasteiger partial charge in [0, 0.05) is 12.6 Å². The first-order chi connectivity index (χ1) is 6.61. The van der Waals surface area contributed by atoms with Gasteiger partial charge in [0.15, 0.2) is 0 Å². The van der Waals surface area contributed by atoms with E-state index < -0.39 is 11.8 Å². The van der Waals surface area contributed by atoms with Crippen LogP contribution in [0.25, 0.3) is 0 Å². The van der Waals surface area contributed by atoms with E-state index in [9.17, 15) is 9.18 Å². The maximum Gasteiger partial charge on any atom is 0.312 e. The van der Waals surface area contributed by atoms with Crippen molar-refractivity contribution < 1.29 is 13.9 Å². The molecule has 0 saturated heterocycles. The Morgan fingerprint density at radius 2 is 2.29 bits per heavy atom. The molecule has 3 N–H and O–H groups in total. The van der Waals surface area contributed by atoms with E-state index in [1.807, 2.05) is 0 Å². The molecule has 0 heterocycles. The van der Waals surface area contributed by atoms with Crippen molar-refractivity contribution in [3.05, 3.63) is 29.6 Å². The van der Waals surface area contributed by atoms with Crippen LogP contribution in [0.1, 0.15) is 5.56 Å². The Kier molecular flexibility index (Phi) is 3.28. The van der Waals surface area contributed by atoms with Gasteiger partial charge in [-0.25, -0.2) is 9.18 Å². The highest BCUT2D eigenvalue weighted by atomic mass is 19.1. The molecule has 0 atom stereocenters. The average molecular weight is 198 g/mol. The second kappa shape index (κ2) is 4.45. The SMILES string of the molecule is COc1cc(F)cc(CNC(N)=O)c1. The second-order valence-corrected chi connectivity index (χ2v) is 2.72. The summed E-state index contributed by atoms with van der Waals surface area (Å²) in [5, 5.41) is 2.36. The van der Waals surface area contributed by atoms with E-state index in [1.54, 1.807) is 6.07 Å². The highest BCUT2D eigenvalue weighted by Gasteiger charge is 2.01. The lowest BCUT2D eigenvalue weighted by Gasteiger charge is -2.05. The van der Waals surface area contributed by atoms with Crippen LogP contribution in [0.15, 0.2) is 18.2 Å². The first-order valence-electron chi connectivity index (χ1n) is 3.98. The van der Waals surface area contributed by atoms with Crippen molar-refractivity contribution in [2.24, 2.45) is 5.73 Å². The van der Waals surface area contributed by atoms with Crippen LogP contribution in [-0.4, -0.2) is 13.1 Å². The standard InChI is InChI=1S/C9H11FN2O2/c1-14-8-3-6(2-7(10)4-8)5-12-9(11)13/h2-4H,5H2,1H3,(H3,11,12,13). The molecule has 1 aromatic rings. The van der Waals surface area contributed by atoms with Gasteiger partial charge in [-0.05, 0) is 17.7 Å². The summed E-state index contributed by atoms with van der Waals surface area (Å²) >= 11 is 0. The lowest BCUT2D eigenvalue weighted by Crippen LogP contribution is -2.28. The maximum absolute atomic E-state index is 12.9. The molecule has 2 amide bonds. The van der Waals surface area contributed by atoms with Crippen molar-refractivity contribution in [3.63, 3.8) is 0 Å². The van der Waals surface area contributed by atoms with Crippen molar-refractivity contribution in [1.29, 1.82) is 0 Å². The number of nitrogens with two attached hydrogens (primary N) is 1. The first kappa shape index (κ1) is 10.3. The van der Waals surface area contributed by atoms with E-state index in [2.05, 4.69) is 5.32 Å². The van der Waals surface area contributed by atoms with Crippen LogP contribution in [0.4, 0.5) is 9.18 Å². The highest BCUT2D eigenvalue weighted by Crippen LogP contribution is 2.15. The zero-order valence-corrected chi connectivity index (χ0v) is 7.71. The van der Waals surface area contributed by atoms with Crippen molar-refractivity contribution in [2.75, 3.05) is 7.11 Å². The number of nitrogens with one attached hydrogen (secondary N) is 1. The molecule has 0 spiro atoms. The quantitative estimate of drug-likeness (QED) is 0.761. The molecule has 1 aromatic carbocycles. The molecule has 0 aliphatic heterocycles. The molecule has 0 unspecified atom stereocenters. The molecule has 14 heavy (non-hydrogen) atoms. The number of carbonyl (C=O) groups is 1. The fourth-order valence-electron chi connectivity index (χ4n) is 1.03. The minimum atomic E-state index is -0.645. The van der Waals surface area contributed by atoms with Gasteiger partial charge in [-0.3, -0.25) is 0 Å². The third kappa shape index (κ3) is 2.93. The summed E-state index contributed by atoms with van der Waals surface area (Å²) in [5.74, 6) is -0.00288. The number of amides is 2. The van der Waals surface area contributed by atoms with Crippen LogP contribution in [-0.2, 0) is 6.54 Å². The van der Waals surface area contributed by atoms with Gasteiger partial charge in [-0.15, -0.1) is 0 Å². The maximum atomic E-state index is 12.9. The van der Waals surface area contributed by atoms with Gasteiger partial charge in [0.25, 0.3) is 0 Å². The van der Waals surface area contributed by atoms with Gasteiger partial charge in [-0.2, -0.15) is 0 Å². The number of benzene rings is 1. The Balaban J connectivity index is 2.76. The summed E-state index contributed by atoms with van der Waals surface area (Å²) in [6, 6.07) is 3.54. The van der Waals surface area contributed by atoms with E-state index in [1.165, 1.54) is 19.2 Å². The van der Waals surface area contributed by atoms with Gasteiger partial charge < -0.3 is 15.8 Å². The van der Waals surface area contributed by atoms with E-state index in [0.29, 0.717) is 11.3 Å². The van der Waals surface area contributed by atoms with Gasteiger partial charge in [0.1, 0.15) is 11.6 Å². The number of hydrogen-bond donors (Lipinski definition) is 2. The van der Waals surface area contributed by atoms with Crippen LogP contribution < -0.4 is 15.8 Å². The van der Waals surface area contributed by atoms with Crippen LogP contribution in [0, 0.1) is 5.82 Å². The minimum Gasteiger partial charge on any atom is -0.497 e. The first-order valence-corrected chi connectivity index (χ1v) is 3.98. The van der Waals surface area contributed by atoms with Crippen LogP contribution >= 0.6 is 0 Å². The third-order valence-corrected chi connectivity index (χ3v) is 1.63. The Morgan fingerprint density at radius 3 is 2.86 bits per heavy atom. The fraction of sp³-hybridized carbons (Fsp3) is 0.222. The van der Waals surface area contributed by atoms with E-state index in [4.69, 9.17) is 10.5 Å². The summed E-state index contributed by atoms with van der Waals surface area (Å²) < 4.78 is 17.8. The van der Waals surface area contributed by atoms with Crippen LogP contribution in [0.5, 0.6) is 5.75 Å². The van der Waals surface area contributed by atoms with Gasteiger partial charge >= 0.3 is 6.03 Å². The number of methoxy groups -OCH3 is 1. The van der Waals surface area contributed by atoms with Crippen molar-refractivity contribution in [1.82, 2.24) is 5.32 Å². The average Bonchev–Trinajstić information content (AvgIpc) is 2.14. The molecule has 1 rings (SSSR count). The summed E-state index contributed by atoms with van der Waals surface area (Å²) in [6.45, 7) is 0.184. The fourth-order valence-corrected chi connectivity index (χ4v) is 1.03. The van der Waals surface area contributed by atoms with E-state index >= 15 is 0 Å². The number of carbonyl (C=O) groups excluding carboxylic acids is 1. The van der Waals surface area contributed by atoms with E-state index in [-0.39, 0.29) is 6.54 Å². The number of rotatable bonds is 3. The molecular weight excluding hydrogens is 187 g/mol. The summed E-state index contributed by atoms with van der Waals surface area (Å²) in [4.78, 5) is 10.4. The molecule has 0 aliphatic carbocycles. The number of halogens is 1. The Bertz CT molecular complexity index is 342. The molecule has 0 bridgehead atoms. The Hall–Kier alpha value is -1.78. The van der Waals surface area contributed by atoms with Gasteiger partial charge in [0.2, 0.25) is 0 Å². The molecule has 5 heteroatoms. The lowest BCUT2D eigenvalue weighted by atomic mass is 10.2. The summed E-state index contributed by atoms with van der Waals surface area (Å²) in [5.41, 5.74) is 5.47. The summed E-state index contributed by atoms with van der Waals surface area (Å²) in [6.07, 6.45) is 0. The number of urea groups is 1. The van der Waals surface area contributed by atoms with Gasteiger partial charge in [-0.1, -0.05) is 0 Å². The Morgan fingerprint density at radius 1 is 1.57 bits per heavy atom. The van der Waals surface area contributed by atoms with Crippen LogP contribution in [0.3, 0.4) is 0 Å². The molecule has 0 aromatic heterocycles. The largest absolute Gasteiger partial charge is 0.497 e. The highest BCUT2D eigenvalue weighted by molar-refractivity contribution is 5.71. The molecule has 76 valence electrons. The molecule has 0 aliphatic rings. The molecule has 0 radical (unpaired) electrons. The molecule has 0 saturated carbocycles. The molecular formula is C9H11FN2O2. The van der Waals surface area contributed by atoms with Crippen LogP contribution in [0.2, 0.25) is 0 Å². The van der Waals surface area contributed by atoms with E-state index in [0.717, 1.165) is 0 Å². The monoisotopic (exact) mass is 198 g/mol. The lowest BCUT2D eigenvalue weighted by molar-refractivity contribution is 0.248. The van der Waals surface area contributed by atoms with Crippen molar-refractivity contribution in [3.8, 4) is 5.75 Å². The second-order valence-electron chi connectivity index (χ2n) is 2.72. The topological polar surface area (TPSA) is 64.3 Å². The van der Waals surface area contributed by atoms with Crippen molar-refractivity contribution >= 4 is 6.03 Å². The predicted molar refractivity (Wildman–Crippen MR) is 49.4 cm³/mol. The summed E-state index contributed by atoms with van der Waals surface area (Å²) in [7, 11) is 1.44. The zero-order valence-electron chi connectivity index (χ0n) is 7.71. The zero-order chi connectivity index (χ0) is 10.6. The number of ether oxygens (including phenoxy) is 1. The van der Waals surface area contributed by atoms with Crippen molar-refractivity contribution in [2.45, 2.75) is 6.54 Å². The normalized spacial score (nSPS) is 9.57. The minimum absolute atomic E-state index is 0.184. The number of hydrogen-bond acceptors (Lipinski definition) is 2. The number of primary amides is 1. The molecule has 0 fully saturated rings. The Labute approximate surface area is 80.9 Å². The predicted octanol–water partition coefficient (Wildman–Crippen LogP) is 1.00.